The van der Waals surface area contributed by atoms with Gasteiger partial charge in [0.1, 0.15) is 0 Å². The van der Waals surface area contributed by atoms with Crippen LogP contribution in [0.2, 0.25) is 0 Å². The van der Waals surface area contributed by atoms with Gasteiger partial charge in [-0.25, -0.2) is 0 Å². The van der Waals surface area contributed by atoms with Crippen LogP contribution >= 0.6 is 25.3 Å². The molecule has 23 heavy (non-hydrogen) atoms. The molecule has 2 fully saturated rings. The molecule has 0 unspecified atom stereocenters. The van der Waals surface area contributed by atoms with Gasteiger partial charge in [-0.3, -0.25) is 9.59 Å². The molecule has 4 N–H and O–H groups in total. The van der Waals surface area contributed by atoms with Crippen LogP contribution < -0.4 is 0 Å². The highest BCUT2D eigenvalue weighted by atomic mass is 32.1. The van der Waals surface area contributed by atoms with Crippen LogP contribution in [0.4, 0.5) is 0 Å². The summed E-state index contributed by atoms with van der Waals surface area (Å²) >= 11 is 6.83. The standard InChI is InChI=1S/C8H14O.2C2H4O2S.C2H6O2/c1-3-7(4-1)9-8-5-2-6-8;2*3-2(4)1-5;3-1-2-4/h7-8H,1-6H2;2*5H,1H2,(H,3,4);3-4H,1-2H2. The SMILES string of the molecule is C1CC(OC2CCC2)C1.O=C(O)CS.O=C(O)CS.OCCO. The molecule has 0 saturated heterocycles. The minimum atomic E-state index is -0.881. The molecular formula is C14H28O7S2. The number of aliphatic hydroxyl groups is 2. The van der Waals surface area contributed by atoms with Gasteiger partial charge in [0.2, 0.25) is 0 Å². The molecule has 2 rings (SSSR count). The third-order valence-corrected chi connectivity index (χ3v) is 3.40. The third-order valence-electron chi connectivity index (χ3n) is 2.86. The van der Waals surface area contributed by atoms with E-state index in [-0.39, 0.29) is 24.7 Å². The van der Waals surface area contributed by atoms with E-state index in [1.54, 1.807) is 0 Å². The number of rotatable bonds is 5. The minimum Gasteiger partial charge on any atom is -0.481 e. The third kappa shape index (κ3) is 19.5. The van der Waals surface area contributed by atoms with Crippen LogP contribution in [-0.4, -0.2) is 69.3 Å². The number of thiol groups is 2. The van der Waals surface area contributed by atoms with Crippen LogP contribution in [0.25, 0.3) is 0 Å². The average molecular weight is 373 g/mol. The van der Waals surface area contributed by atoms with E-state index in [0.717, 1.165) is 0 Å². The van der Waals surface area contributed by atoms with Gasteiger partial charge in [-0.1, -0.05) is 0 Å². The largest absolute Gasteiger partial charge is 0.481 e. The van der Waals surface area contributed by atoms with Crippen LogP contribution in [0, 0.1) is 0 Å². The van der Waals surface area contributed by atoms with Gasteiger partial charge in [0, 0.05) is 0 Å². The van der Waals surface area contributed by atoms with Gasteiger partial charge < -0.3 is 25.2 Å². The molecule has 2 aliphatic rings. The molecule has 0 spiro atoms. The van der Waals surface area contributed by atoms with E-state index in [1.807, 2.05) is 0 Å². The second-order valence-corrected chi connectivity index (χ2v) is 5.43. The molecule has 7 nitrogen and oxygen atoms in total. The van der Waals surface area contributed by atoms with E-state index in [9.17, 15) is 9.59 Å². The average Bonchev–Trinajstić information content (AvgIpc) is 2.45. The summed E-state index contributed by atoms with van der Waals surface area (Å²) < 4.78 is 5.72. The number of carboxylic acids is 2. The molecule has 0 aromatic carbocycles. The van der Waals surface area contributed by atoms with Gasteiger partial charge in [0.25, 0.3) is 0 Å². The first-order valence-corrected chi connectivity index (χ1v) is 8.70. The van der Waals surface area contributed by atoms with Crippen LogP contribution in [-0.2, 0) is 14.3 Å². The number of hydrogen-bond acceptors (Lipinski definition) is 7. The van der Waals surface area contributed by atoms with Crippen molar-refractivity contribution in [2.75, 3.05) is 24.7 Å². The zero-order chi connectivity index (χ0) is 18.1. The Kier molecular flexibility index (Phi) is 19.2. The van der Waals surface area contributed by atoms with E-state index in [0.29, 0.717) is 12.2 Å². The Hall–Kier alpha value is -0.480. The van der Waals surface area contributed by atoms with Crippen molar-refractivity contribution in [3.05, 3.63) is 0 Å². The van der Waals surface area contributed by atoms with Gasteiger partial charge in [-0.2, -0.15) is 25.3 Å². The lowest BCUT2D eigenvalue weighted by atomic mass is 9.92. The Morgan fingerprint density at radius 3 is 1.17 bits per heavy atom. The van der Waals surface area contributed by atoms with Crippen LogP contribution in [0.1, 0.15) is 38.5 Å². The summed E-state index contributed by atoms with van der Waals surface area (Å²) in [5, 5.41) is 30.5. The first-order chi connectivity index (χ1) is 10.9. The molecule has 0 aromatic rings. The first kappa shape index (κ1) is 24.8. The molecule has 138 valence electrons. The Morgan fingerprint density at radius 2 is 1.09 bits per heavy atom. The fourth-order valence-electron chi connectivity index (χ4n) is 1.29. The van der Waals surface area contributed by atoms with Crippen molar-refractivity contribution in [1.82, 2.24) is 0 Å². The van der Waals surface area contributed by atoms with Crippen LogP contribution in [0.5, 0.6) is 0 Å². The van der Waals surface area contributed by atoms with Crippen molar-refractivity contribution in [3.8, 4) is 0 Å². The van der Waals surface area contributed by atoms with E-state index in [1.165, 1.54) is 38.5 Å². The Bertz CT molecular complexity index is 267. The summed E-state index contributed by atoms with van der Waals surface area (Å²) in [5.74, 6) is -1.93. The van der Waals surface area contributed by atoms with E-state index in [2.05, 4.69) is 25.3 Å². The molecular weight excluding hydrogens is 344 g/mol. The second kappa shape index (κ2) is 17.9. The fourth-order valence-corrected chi connectivity index (χ4v) is 1.29. The highest BCUT2D eigenvalue weighted by Crippen LogP contribution is 2.30. The summed E-state index contributed by atoms with van der Waals surface area (Å²) in [6.45, 7) is -0.250. The summed E-state index contributed by atoms with van der Waals surface area (Å²) in [6.07, 6.45) is 9.44. The predicted molar refractivity (Wildman–Crippen MR) is 93.5 cm³/mol. The van der Waals surface area contributed by atoms with Crippen LogP contribution in [0.3, 0.4) is 0 Å². The molecule has 0 aromatic heterocycles. The lowest BCUT2D eigenvalue weighted by molar-refractivity contribution is -0.134. The van der Waals surface area contributed by atoms with Crippen molar-refractivity contribution >= 4 is 37.2 Å². The Morgan fingerprint density at radius 1 is 0.826 bits per heavy atom. The lowest BCUT2D eigenvalue weighted by Crippen LogP contribution is -2.31. The molecule has 0 radical (unpaired) electrons. The number of hydrogen-bond donors (Lipinski definition) is 6. The normalized spacial score (nSPS) is 16.0. The smallest absolute Gasteiger partial charge is 0.313 e. The molecule has 0 heterocycles. The quantitative estimate of drug-likeness (QED) is 0.399. The topological polar surface area (TPSA) is 124 Å². The number of carbonyl (C=O) groups is 2. The van der Waals surface area contributed by atoms with E-state index in [4.69, 9.17) is 25.2 Å². The summed E-state index contributed by atoms with van der Waals surface area (Å²) in [6, 6.07) is 0. The molecule has 9 heteroatoms. The number of aliphatic hydroxyl groups excluding tert-OH is 2. The van der Waals surface area contributed by atoms with Crippen molar-refractivity contribution in [2.24, 2.45) is 0 Å². The molecule has 2 aliphatic carbocycles. The fraction of sp³-hybridized carbons (Fsp3) is 0.857. The monoisotopic (exact) mass is 372 g/mol. The lowest BCUT2D eigenvalue weighted by Gasteiger charge is -2.34. The number of aliphatic carboxylic acids is 2. The summed E-state index contributed by atoms with van der Waals surface area (Å²) in [4.78, 5) is 18.6. The Balaban J connectivity index is 0. The van der Waals surface area contributed by atoms with Gasteiger partial charge in [0.05, 0.1) is 36.9 Å². The summed E-state index contributed by atoms with van der Waals surface area (Å²) in [5.41, 5.74) is 0. The van der Waals surface area contributed by atoms with Crippen molar-refractivity contribution < 1.29 is 34.8 Å². The van der Waals surface area contributed by atoms with Crippen LogP contribution in [0.15, 0.2) is 0 Å². The minimum absolute atomic E-state index is 0.0833. The molecule has 0 aliphatic heterocycles. The van der Waals surface area contributed by atoms with Crippen molar-refractivity contribution in [1.29, 1.82) is 0 Å². The Labute approximate surface area is 147 Å². The maximum atomic E-state index is 9.29. The maximum Gasteiger partial charge on any atom is 0.313 e. The van der Waals surface area contributed by atoms with E-state index < -0.39 is 11.9 Å². The van der Waals surface area contributed by atoms with Crippen molar-refractivity contribution in [2.45, 2.75) is 50.7 Å². The second-order valence-electron chi connectivity index (χ2n) is 4.79. The predicted octanol–water partition coefficient (Wildman–Crippen LogP) is 1.08. The van der Waals surface area contributed by atoms with E-state index >= 15 is 0 Å². The number of ether oxygens (including phenoxy) is 1. The first-order valence-electron chi connectivity index (χ1n) is 7.43. The molecule has 0 bridgehead atoms. The zero-order valence-corrected chi connectivity index (χ0v) is 14.9. The number of carboxylic acid groups (broad SMARTS) is 2. The summed E-state index contributed by atoms with van der Waals surface area (Å²) in [7, 11) is 0. The zero-order valence-electron chi connectivity index (χ0n) is 13.1. The van der Waals surface area contributed by atoms with Gasteiger partial charge >= 0.3 is 11.9 Å². The van der Waals surface area contributed by atoms with Gasteiger partial charge in [0.15, 0.2) is 0 Å². The highest BCUT2D eigenvalue weighted by Gasteiger charge is 2.25. The molecule has 0 atom stereocenters. The maximum absolute atomic E-state index is 9.29. The van der Waals surface area contributed by atoms with Gasteiger partial charge in [-0.05, 0) is 38.5 Å². The van der Waals surface area contributed by atoms with Gasteiger partial charge in [-0.15, -0.1) is 0 Å². The van der Waals surface area contributed by atoms with Crippen molar-refractivity contribution in [3.63, 3.8) is 0 Å². The molecule has 2 saturated carbocycles. The highest BCUT2D eigenvalue weighted by molar-refractivity contribution is 7.81. The molecule has 0 amide bonds.